The van der Waals surface area contributed by atoms with Gasteiger partial charge in [-0.1, -0.05) is 0 Å². The lowest BCUT2D eigenvalue weighted by atomic mass is 9.94. The molecule has 3 aromatic rings. The van der Waals surface area contributed by atoms with Crippen LogP contribution in [-0.4, -0.2) is 45.6 Å². The first kappa shape index (κ1) is 18.3. The van der Waals surface area contributed by atoms with E-state index >= 15 is 0 Å². The van der Waals surface area contributed by atoms with Crippen molar-refractivity contribution >= 4 is 15.9 Å². The minimum Gasteiger partial charge on any atom is -0.394 e. The monoisotopic (exact) mass is 402 g/mol. The van der Waals surface area contributed by atoms with Gasteiger partial charge in [0.2, 0.25) is 10.0 Å². The Bertz CT molecular complexity index is 1180. The first-order chi connectivity index (χ1) is 13.3. The standard InChI is InChI=1S/C17H18N6O4S/c18-17(25)15-13-6-1-10-9-22(7-8-24)20-14(10)16(13)23(21-15)11-2-4-12(5-3-11)28(19,26)27/h2-5,9,24H,1,6-8H2,(H2,18,25)(H2,19,26,27). The average molecular weight is 402 g/mol. The second-order valence-corrected chi connectivity index (χ2v) is 8.04. The largest absolute Gasteiger partial charge is 0.394 e. The summed E-state index contributed by atoms with van der Waals surface area (Å²) in [6.07, 6.45) is 3.10. The highest BCUT2D eigenvalue weighted by Crippen LogP contribution is 2.36. The third kappa shape index (κ3) is 2.99. The number of rotatable bonds is 5. The van der Waals surface area contributed by atoms with E-state index in [1.54, 1.807) is 16.8 Å². The predicted octanol–water partition coefficient (Wildman–Crippen LogP) is -0.427. The van der Waals surface area contributed by atoms with Crippen molar-refractivity contribution < 1.29 is 18.3 Å². The number of hydrogen-bond acceptors (Lipinski definition) is 6. The number of carbonyl (C=O) groups excluding carboxylic acids is 1. The van der Waals surface area contributed by atoms with E-state index in [9.17, 15) is 18.3 Å². The molecule has 2 heterocycles. The maximum absolute atomic E-state index is 11.9. The van der Waals surface area contributed by atoms with Gasteiger partial charge in [0.1, 0.15) is 5.69 Å². The van der Waals surface area contributed by atoms with E-state index in [0.717, 1.165) is 5.56 Å². The molecule has 0 saturated carbocycles. The van der Waals surface area contributed by atoms with Crippen LogP contribution in [0.3, 0.4) is 0 Å². The van der Waals surface area contributed by atoms with Gasteiger partial charge in [-0.25, -0.2) is 18.2 Å². The Morgan fingerprint density at radius 2 is 1.89 bits per heavy atom. The Balaban J connectivity index is 1.90. The zero-order valence-corrected chi connectivity index (χ0v) is 15.6. The van der Waals surface area contributed by atoms with Crippen LogP contribution < -0.4 is 10.9 Å². The molecule has 11 heteroatoms. The third-order valence-corrected chi connectivity index (χ3v) is 5.59. The number of sulfonamides is 1. The molecule has 1 aliphatic rings. The molecule has 2 aromatic heterocycles. The first-order valence-corrected chi connectivity index (χ1v) is 10.1. The number of carbonyl (C=O) groups is 1. The van der Waals surface area contributed by atoms with Gasteiger partial charge in [0.15, 0.2) is 5.69 Å². The van der Waals surface area contributed by atoms with E-state index in [1.165, 1.54) is 16.8 Å². The molecule has 1 aliphatic carbocycles. The summed E-state index contributed by atoms with van der Waals surface area (Å²) in [7, 11) is -3.82. The Labute approximate surface area is 160 Å². The fourth-order valence-corrected chi connectivity index (χ4v) is 3.93. The van der Waals surface area contributed by atoms with Crippen molar-refractivity contribution in [3.8, 4) is 17.1 Å². The molecule has 0 atom stereocenters. The fourth-order valence-electron chi connectivity index (χ4n) is 3.41. The predicted molar refractivity (Wildman–Crippen MR) is 99.2 cm³/mol. The quantitative estimate of drug-likeness (QED) is 0.525. The number of nitrogens with zero attached hydrogens (tertiary/aromatic N) is 4. The topological polar surface area (TPSA) is 159 Å². The summed E-state index contributed by atoms with van der Waals surface area (Å²) in [5, 5.41) is 23.2. The highest BCUT2D eigenvalue weighted by atomic mass is 32.2. The van der Waals surface area contributed by atoms with Gasteiger partial charge in [-0.3, -0.25) is 9.48 Å². The molecule has 0 fully saturated rings. The number of primary amides is 1. The van der Waals surface area contributed by atoms with E-state index in [4.69, 9.17) is 10.9 Å². The van der Waals surface area contributed by atoms with Crippen LogP contribution in [0, 0.1) is 0 Å². The third-order valence-electron chi connectivity index (χ3n) is 4.66. The second-order valence-electron chi connectivity index (χ2n) is 6.48. The van der Waals surface area contributed by atoms with Crippen LogP contribution in [0.5, 0.6) is 0 Å². The van der Waals surface area contributed by atoms with Crippen LogP contribution in [0.2, 0.25) is 0 Å². The molecule has 1 aromatic carbocycles. The van der Waals surface area contributed by atoms with Crippen LogP contribution in [0.4, 0.5) is 0 Å². The van der Waals surface area contributed by atoms with E-state index < -0.39 is 15.9 Å². The number of aliphatic hydroxyl groups is 1. The molecular weight excluding hydrogens is 384 g/mol. The minimum atomic E-state index is -3.82. The van der Waals surface area contributed by atoms with Gasteiger partial charge < -0.3 is 10.8 Å². The number of primary sulfonamides is 1. The van der Waals surface area contributed by atoms with Gasteiger partial charge in [-0.15, -0.1) is 0 Å². The molecule has 0 spiro atoms. The van der Waals surface area contributed by atoms with Crippen LogP contribution in [0.1, 0.15) is 21.6 Å². The van der Waals surface area contributed by atoms with Crippen LogP contribution in [0.15, 0.2) is 35.4 Å². The number of aliphatic hydroxyl groups excluding tert-OH is 1. The number of aromatic nitrogens is 4. The van der Waals surface area contributed by atoms with E-state index in [2.05, 4.69) is 10.2 Å². The Morgan fingerprint density at radius 1 is 1.18 bits per heavy atom. The van der Waals surface area contributed by atoms with Crippen molar-refractivity contribution in [3.05, 3.63) is 47.3 Å². The Morgan fingerprint density at radius 3 is 2.50 bits per heavy atom. The van der Waals surface area contributed by atoms with Crippen molar-refractivity contribution in [3.63, 3.8) is 0 Å². The minimum absolute atomic E-state index is 0.0275. The molecule has 1 amide bonds. The van der Waals surface area contributed by atoms with Crippen molar-refractivity contribution in [2.75, 3.05) is 6.61 Å². The first-order valence-electron chi connectivity index (χ1n) is 8.52. The molecule has 0 aliphatic heterocycles. The maximum Gasteiger partial charge on any atom is 0.269 e. The summed E-state index contributed by atoms with van der Waals surface area (Å²) in [4.78, 5) is 11.9. The lowest BCUT2D eigenvalue weighted by Crippen LogP contribution is -2.15. The smallest absolute Gasteiger partial charge is 0.269 e. The molecule has 4 rings (SSSR count). The lowest BCUT2D eigenvalue weighted by molar-refractivity contribution is 0.0994. The zero-order chi connectivity index (χ0) is 20.1. The van der Waals surface area contributed by atoms with Crippen LogP contribution in [0.25, 0.3) is 17.1 Å². The van der Waals surface area contributed by atoms with Crippen molar-refractivity contribution in [1.82, 2.24) is 19.6 Å². The molecule has 0 unspecified atom stereocenters. The summed E-state index contributed by atoms with van der Waals surface area (Å²) in [6, 6.07) is 5.85. The van der Waals surface area contributed by atoms with Crippen molar-refractivity contribution in [2.45, 2.75) is 24.3 Å². The maximum atomic E-state index is 11.9. The Kier molecular flexibility index (Phi) is 4.29. The highest BCUT2D eigenvalue weighted by molar-refractivity contribution is 7.89. The zero-order valence-electron chi connectivity index (χ0n) is 14.7. The average Bonchev–Trinajstić information content (AvgIpc) is 3.22. The second kappa shape index (κ2) is 6.55. The summed E-state index contributed by atoms with van der Waals surface area (Å²) in [5.74, 6) is -0.644. The lowest BCUT2D eigenvalue weighted by Gasteiger charge is -2.14. The Hall–Kier alpha value is -3.02. The summed E-state index contributed by atoms with van der Waals surface area (Å²) in [5.41, 5.74) is 9.18. The van der Waals surface area contributed by atoms with Crippen molar-refractivity contribution in [1.29, 1.82) is 0 Å². The number of hydrogen-bond donors (Lipinski definition) is 3. The van der Waals surface area contributed by atoms with Gasteiger partial charge >= 0.3 is 0 Å². The van der Waals surface area contributed by atoms with Crippen molar-refractivity contribution in [2.24, 2.45) is 10.9 Å². The molecule has 0 radical (unpaired) electrons. The van der Waals surface area contributed by atoms with Crippen LogP contribution >= 0.6 is 0 Å². The van der Waals surface area contributed by atoms with Gasteiger partial charge in [-0.2, -0.15) is 10.2 Å². The molecule has 28 heavy (non-hydrogen) atoms. The molecule has 0 saturated heterocycles. The van der Waals surface area contributed by atoms with Crippen LogP contribution in [-0.2, 0) is 29.4 Å². The fraction of sp³-hybridized carbons (Fsp3) is 0.235. The SMILES string of the molecule is NC(=O)c1nn(-c2ccc(S(N)(=O)=O)cc2)c2c1CCc1cn(CCO)nc1-2. The normalized spacial score (nSPS) is 13.2. The highest BCUT2D eigenvalue weighted by Gasteiger charge is 2.30. The van der Waals surface area contributed by atoms with E-state index in [1.807, 2.05) is 6.20 Å². The number of benzene rings is 1. The number of amides is 1. The van der Waals surface area contributed by atoms with Gasteiger partial charge in [0.25, 0.3) is 5.91 Å². The van der Waals surface area contributed by atoms with Gasteiger partial charge in [0, 0.05) is 17.3 Å². The summed E-state index contributed by atoms with van der Waals surface area (Å²) >= 11 is 0. The van der Waals surface area contributed by atoms with E-state index in [-0.39, 0.29) is 17.2 Å². The number of nitrogens with two attached hydrogens (primary N) is 2. The van der Waals surface area contributed by atoms with Gasteiger partial charge in [0.05, 0.1) is 29.4 Å². The molecule has 0 bridgehead atoms. The molecule has 146 valence electrons. The number of aryl methyl sites for hydroxylation is 1. The number of fused-ring (bicyclic) bond motifs is 3. The molecule has 10 nitrogen and oxygen atoms in total. The van der Waals surface area contributed by atoms with E-state index in [0.29, 0.717) is 42.0 Å². The van der Waals surface area contributed by atoms with Gasteiger partial charge in [-0.05, 0) is 37.1 Å². The molecule has 5 N–H and O–H groups in total. The summed E-state index contributed by atoms with van der Waals surface area (Å²) < 4.78 is 26.2. The molecular formula is C17H18N6O4S. The summed E-state index contributed by atoms with van der Waals surface area (Å²) in [6.45, 7) is 0.302.